The number of aliphatic hydroxyl groups is 1. The fraction of sp³-hybridized carbons (Fsp3) is 0.759. The highest BCUT2D eigenvalue weighted by Gasteiger charge is 2.76. The van der Waals surface area contributed by atoms with E-state index >= 15 is 0 Å². The summed E-state index contributed by atoms with van der Waals surface area (Å²) in [5.74, 6) is -1.28. The van der Waals surface area contributed by atoms with Crippen molar-refractivity contribution in [1.29, 1.82) is 0 Å². The van der Waals surface area contributed by atoms with E-state index in [9.17, 15) is 19.5 Å². The molecule has 0 saturated heterocycles. The molecule has 4 N–H and O–H groups in total. The maximum atomic E-state index is 14.0. The first-order chi connectivity index (χ1) is 17.9. The Hall–Kier alpha value is -1.58. The fourth-order valence-corrected chi connectivity index (χ4v) is 8.80. The van der Waals surface area contributed by atoms with Crippen molar-refractivity contribution in [1.82, 2.24) is 5.32 Å². The normalized spacial score (nSPS) is 41.7. The van der Waals surface area contributed by atoms with Crippen LogP contribution in [-0.4, -0.2) is 65.6 Å². The Bertz CT molecular complexity index is 1030. The Labute approximate surface area is 230 Å². The van der Waals surface area contributed by atoms with E-state index < -0.39 is 33.4 Å². The lowest BCUT2D eigenvalue weighted by Gasteiger charge is -2.64. The van der Waals surface area contributed by atoms with Gasteiger partial charge in [-0.2, -0.15) is 0 Å². The molecule has 3 fully saturated rings. The molecule has 0 aromatic carbocycles. The van der Waals surface area contributed by atoms with Crippen LogP contribution in [0.1, 0.15) is 66.2 Å². The van der Waals surface area contributed by atoms with Gasteiger partial charge in [0.05, 0.1) is 17.7 Å². The Balaban J connectivity index is 1.69. The van der Waals surface area contributed by atoms with Gasteiger partial charge in [-0.25, -0.2) is 0 Å². The number of ketones is 2. The number of allylic oxidation sites excluding steroid dienone is 4. The van der Waals surface area contributed by atoms with Crippen molar-refractivity contribution in [3.63, 3.8) is 0 Å². The van der Waals surface area contributed by atoms with Gasteiger partial charge in [0.15, 0.2) is 11.4 Å². The summed E-state index contributed by atoms with van der Waals surface area (Å²) in [6.07, 6.45) is 7.22. The average molecular weight is 551 g/mol. The van der Waals surface area contributed by atoms with E-state index in [0.29, 0.717) is 32.4 Å². The third kappa shape index (κ3) is 4.22. The molecule has 9 heteroatoms. The number of alkyl halides is 1. The zero-order valence-electron chi connectivity index (χ0n) is 23.1. The molecule has 0 aromatic heterocycles. The number of hydrogen-bond acceptors (Lipinski definition) is 8. The van der Waals surface area contributed by atoms with E-state index in [2.05, 4.69) is 5.32 Å². The molecular formula is C29H43ClN2O6. The molecule has 0 heterocycles. The largest absolute Gasteiger partial charge is 0.450 e. The second kappa shape index (κ2) is 10.8. The Morgan fingerprint density at radius 3 is 2.71 bits per heavy atom. The predicted octanol–water partition coefficient (Wildman–Crippen LogP) is 3.05. The first-order valence-corrected chi connectivity index (χ1v) is 14.3. The van der Waals surface area contributed by atoms with Gasteiger partial charge in [-0.1, -0.05) is 39.3 Å². The maximum absolute atomic E-state index is 14.0. The molecule has 8 nitrogen and oxygen atoms in total. The van der Waals surface area contributed by atoms with Crippen molar-refractivity contribution in [2.75, 3.05) is 26.4 Å². The number of carbonyl (C=O) groups excluding carboxylic acids is 3. The smallest absolute Gasteiger partial charge is 0.306 e. The van der Waals surface area contributed by atoms with E-state index in [0.717, 1.165) is 12.0 Å². The SMILES string of the molecule is CCC(=O)O[C@]1(C(=O)COCNCCCN)[C@@H](C)CC2[C@@H]3CCC4=CC(=O)C=C[C@]4(C)[C@@]3(Cl)[C@@H](O)C[C@@]21C. The van der Waals surface area contributed by atoms with Gasteiger partial charge < -0.3 is 20.3 Å². The minimum Gasteiger partial charge on any atom is -0.450 e. The van der Waals surface area contributed by atoms with Crippen LogP contribution in [0.15, 0.2) is 23.8 Å². The summed E-state index contributed by atoms with van der Waals surface area (Å²) in [4.78, 5) is 37.9. The van der Waals surface area contributed by atoms with Crippen LogP contribution in [0.3, 0.4) is 0 Å². The molecule has 0 amide bonds. The highest BCUT2D eigenvalue weighted by molar-refractivity contribution is 6.26. The van der Waals surface area contributed by atoms with Gasteiger partial charge in [0.2, 0.25) is 5.78 Å². The zero-order chi connectivity index (χ0) is 27.9. The first kappa shape index (κ1) is 29.4. The molecular weight excluding hydrogens is 508 g/mol. The number of hydrogen-bond donors (Lipinski definition) is 3. The van der Waals surface area contributed by atoms with Gasteiger partial charge >= 0.3 is 5.97 Å². The molecule has 38 heavy (non-hydrogen) atoms. The van der Waals surface area contributed by atoms with Crippen molar-refractivity contribution < 1.29 is 29.0 Å². The number of halogens is 1. The van der Waals surface area contributed by atoms with Gasteiger partial charge in [0.25, 0.3) is 0 Å². The maximum Gasteiger partial charge on any atom is 0.306 e. The molecule has 4 aliphatic rings. The average Bonchev–Trinajstić information content (AvgIpc) is 3.09. The highest BCUT2D eigenvalue weighted by Crippen LogP contribution is 2.72. The van der Waals surface area contributed by atoms with Gasteiger partial charge in [-0.3, -0.25) is 19.7 Å². The quantitative estimate of drug-likeness (QED) is 0.164. The van der Waals surface area contributed by atoms with E-state index in [1.54, 1.807) is 19.1 Å². The number of Topliss-reactive ketones (excluding diaryl/α,β-unsaturated/α-hetero) is 1. The molecule has 0 radical (unpaired) electrons. The summed E-state index contributed by atoms with van der Waals surface area (Å²) in [7, 11) is 0. The molecule has 8 atom stereocenters. The number of rotatable bonds is 10. The lowest BCUT2D eigenvalue weighted by molar-refractivity contribution is -0.203. The van der Waals surface area contributed by atoms with Gasteiger partial charge in [0, 0.05) is 23.2 Å². The van der Waals surface area contributed by atoms with Crippen LogP contribution in [0, 0.1) is 28.6 Å². The van der Waals surface area contributed by atoms with Crippen LogP contribution < -0.4 is 11.1 Å². The third-order valence-corrected chi connectivity index (χ3v) is 11.1. The lowest BCUT2D eigenvalue weighted by atomic mass is 9.45. The van der Waals surface area contributed by atoms with Crippen molar-refractivity contribution >= 4 is 29.1 Å². The minimum absolute atomic E-state index is 0.0607. The number of carbonyl (C=O) groups is 3. The van der Waals surface area contributed by atoms with Crippen LogP contribution in [-0.2, 0) is 23.9 Å². The Kier molecular flexibility index (Phi) is 8.33. The van der Waals surface area contributed by atoms with Gasteiger partial charge in [-0.05, 0) is 69.2 Å². The summed E-state index contributed by atoms with van der Waals surface area (Å²) >= 11 is 7.53. The summed E-state index contributed by atoms with van der Waals surface area (Å²) in [5, 5.41) is 15.0. The topological polar surface area (TPSA) is 128 Å². The van der Waals surface area contributed by atoms with Crippen LogP contribution in [0.5, 0.6) is 0 Å². The van der Waals surface area contributed by atoms with Crippen LogP contribution in [0.4, 0.5) is 0 Å². The molecule has 4 rings (SSSR count). The molecule has 4 aliphatic carbocycles. The number of aliphatic hydroxyl groups excluding tert-OH is 1. The molecule has 212 valence electrons. The fourth-order valence-electron chi connectivity index (χ4n) is 8.27. The van der Waals surface area contributed by atoms with Crippen LogP contribution in [0.2, 0.25) is 0 Å². The first-order valence-electron chi connectivity index (χ1n) is 14.0. The summed E-state index contributed by atoms with van der Waals surface area (Å²) in [6.45, 7) is 8.88. The second-order valence-corrected chi connectivity index (χ2v) is 12.6. The molecule has 0 spiro atoms. The minimum atomic E-state index is -1.43. The van der Waals surface area contributed by atoms with E-state index in [-0.39, 0.29) is 55.5 Å². The monoisotopic (exact) mass is 550 g/mol. The molecule has 0 bridgehead atoms. The molecule has 0 aliphatic heterocycles. The molecule has 0 aromatic rings. The summed E-state index contributed by atoms with van der Waals surface area (Å²) < 4.78 is 11.9. The summed E-state index contributed by atoms with van der Waals surface area (Å²) in [5.41, 5.74) is 3.51. The van der Waals surface area contributed by atoms with Crippen molar-refractivity contribution in [3.8, 4) is 0 Å². The van der Waals surface area contributed by atoms with Gasteiger partial charge in [-0.15, -0.1) is 11.6 Å². The van der Waals surface area contributed by atoms with Crippen molar-refractivity contribution in [3.05, 3.63) is 23.8 Å². The number of fused-ring (bicyclic) bond motifs is 5. The highest BCUT2D eigenvalue weighted by atomic mass is 35.5. The number of nitrogens with one attached hydrogen (secondary N) is 1. The lowest BCUT2D eigenvalue weighted by Crippen LogP contribution is -2.69. The van der Waals surface area contributed by atoms with Crippen molar-refractivity contribution in [2.45, 2.75) is 82.8 Å². The predicted molar refractivity (Wildman–Crippen MR) is 144 cm³/mol. The van der Waals surface area contributed by atoms with E-state index in [1.165, 1.54) is 0 Å². The second-order valence-electron chi connectivity index (χ2n) is 12.0. The van der Waals surface area contributed by atoms with Gasteiger partial charge in [0.1, 0.15) is 6.61 Å². The zero-order valence-corrected chi connectivity index (χ0v) is 23.8. The number of esters is 1. The molecule has 3 saturated carbocycles. The molecule has 1 unspecified atom stereocenters. The standard InChI is InChI=1S/C29H43ClN2O6/c1-5-25(36)38-29(24(35)16-37-17-32-12-6-11-31)18(2)13-22-21-8-7-19-14-20(33)9-10-26(19,3)28(21,30)23(34)15-27(22,29)4/h9-10,14,18,21-23,32,34H,5-8,11-13,15-17,31H2,1-4H3/t18-,21-,22?,23-,26-,27-,28-,29-/m0/s1. The van der Waals surface area contributed by atoms with Crippen molar-refractivity contribution in [2.24, 2.45) is 34.3 Å². The van der Waals surface area contributed by atoms with Crippen LogP contribution >= 0.6 is 11.6 Å². The summed E-state index contributed by atoms with van der Waals surface area (Å²) in [6, 6.07) is 0. The van der Waals surface area contributed by atoms with Crippen LogP contribution in [0.25, 0.3) is 0 Å². The third-order valence-electron chi connectivity index (χ3n) is 10.2. The van der Waals surface area contributed by atoms with E-state index in [4.69, 9.17) is 26.8 Å². The number of ether oxygens (including phenoxy) is 2. The Morgan fingerprint density at radius 1 is 1.29 bits per heavy atom. The Morgan fingerprint density at radius 2 is 2.03 bits per heavy atom. The number of nitrogens with two attached hydrogens (primary N) is 1. The van der Waals surface area contributed by atoms with E-state index in [1.807, 2.05) is 26.8 Å².